The lowest BCUT2D eigenvalue weighted by atomic mass is 9.67. The normalized spacial score (nSPS) is 27.7. The summed E-state index contributed by atoms with van der Waals surface area (Å²) in [4.78, 5) is 4.78. The Morgan fingerprint density at radius 3 is 2.43 bits per heavy atom. The molecule has 4 nitrogen and oxygen atoms in total. The molecule has 2 saturated carbocycles. The first-order valence-electron chi connectivity index (χ1n) is 8.39. The van der Waals surface area contributed by atoms with Crippen molar-refractivity contribution in [2.24, 2.45) is 16.3 Å². The van der Waals surface area contributed by atoms with E-state index in [1.807, 2.05) is 0 Å². The van der Waals surface area contributed by atoms with Crippen LogP contribution in [0.1, 0.15) is 58.8 Å². The van der Waals surface area contributed by atoms with Crippen LogP contribution >= 0.6 is 24.0 Å². The van der Waals surface area contributed by atoms with Crippen LogP contribution in [0.15, 0.2) is 4.99 Å². The van der Waals surface area contributed by atoms with Gasteiger partial charge in [0.15, 0.2) is 5.96 Å². The fourth-order valence-corrected chi connectivity index (χ4v) is 3.37. The molecule has 0 spiro atoms. The van der Waals surface area contributed by atoms with Crippen LogP contribution in [-0.4, -0.2) is 36.8 Å². The maximum absolute atomic E-state index is 9.88. The third-order valence-corrected chi connectivity index (χ3v) is 5.23. The topological polar surface area (TPSA) is 56.7 Å². The fraction of sp³-hybridized carbons (Fsp3) is 0.938. The number of rotatable bonds is 6. The number of hydrogen-bond acceptors (Lipinski definition) is 2. The summed E-state index contributed by atoms with van der Waals surface area (Å²) in [5, 5.41) is 16.6. The van der Waals surface area contributed by atoms with Crippen LogP contribution in [0, 0.1) is 11.3 Å². The van der Waals surface area contributed by atoms with Crippen LogP contribution in [-0.2, 0) is 0 Å². The maximum atomic E-state index is 9.88. The molecule has 2 fully saturated rings. The van der Waals surface area contributed by atoms with Gasteiger partial charge in [-0.05, 0) is 44.4 Å². The Morgan fingerprint density at radius 1 is 1.19 bits per heavy atom. The molecule has 124 valence electrons. The second-order valence-corrected chi connectivity index (χ2v) is 6.54. The molecule has 0 saturated heterocycles. The minimum Gasteiger partial charge on any atom is -0.393 e. The number of aliphatic imine (C=N–C) groups is 1. The number of aliphatic hydroxyl groups is 1. The average molecular weight is 409 g/mol. The molecule has 0 aromatic rings. The summed E-state index contributed by atoms with van der Waals surface area (Å²) in [5.74, 6) is 1.31. The summed E-state index contributed by atoms with van der Waals surface area (Å²) in [5.41, 5.74) is 0.467. The molecule has 0 aromatic carbocycles. The molecule has 5 heteroatoms. The Labute approximate surface area is 146 Å². The van der Waals surface area contributed by atoms with E-state index in [2.05, 4.69) is 24.5 Å². The van der Waals surface area contributed by atoms with Crippen molar-refractivity contribution < 1.29 is 5.11 Å². The zero-order chi connectivity index (χ0) is 14.4. The molecule has 0 heterocycles. The van der Waals surface area contributed by atoms with Crippen LogP contribution in [0.3, 0.4) is 0 Å². The number of hydrogen-bond donors (Lipinski definition) is 3. The van der Waals surface area contributed by atoms with Crippen LogP contribution in [0.2, 0.25) is 0 Å². The quantitative estimate of drug-likeness (QED) is 0.359. The van der Waals surface area contributed by atoms with Crippen LogP contribution in [0.5, 0.6) is 0 Å². The molecule has 2 rings (SSSR count). The van der Waals surface area contributed by atoms with Crippen molar-refractivity contribution in [3.8, 4) is 0 Å². The van der Waals surface area contributed by atoms with Crippen molar-refractivity contribution in [3.05, 3.63) is 0 Å². The monoisotopic (exact) mass is 409 g/mol. The third-order valence-electron chi connectivity index (χ3n) is 5.23. The second kappa shape index (κ2) is 9.18. The lowest BCUT2D eigenvalue weighted by Crippen LogP contribution is -2.42. The predicted octanol–water partition coefficient (Wildman–Crippen LogP) is 2.90. The van der Waals surface area contributed by atoms with E-state index in [0.29, 0.717) is 11.3 Å². The van der Waals surface area contributed by atoms with Gasteiger partial charge in [0.1, 0.15) is 0 Å². The van der Waals surface area contributed by atoms with E-state index in [0.717, 1.165) is 44.9 Å². The van der Waals surface area contributed by atoms with Gasteiger partial charge < -0.3 is 15.7 Å². The van der Waals surface area contributed by atoms with Crippen molar-refractivity contribution in [3.63, 3.8) is 0 Å². The summed E-state index contributed by atoms with van der Waals surface area (Å²) in [7, 11) is 0. The van der Waals surface area contributed by atoms with Crippen LogP contribution in [0.25, 0.3) is 0 Å². The largest absolute Gasteiger partial charge is 0.393 e. The van der Waals surface area contributed by atoms with E-state index in [1.165, 1.54) is 25.7 Å². The molecular weight excluding hydrogens is 377 g/mol. The van der Waals surface area contributed by atoms with Gasteiger partial charge in [0.05, 0.1) is 6.10 Å². The van der Waals surface area contributed by atoms with Crippen molar-refractivity contribution in [1.29, 1.82) is 0 Å². The Balaban J connectivity index is 0.00000220. The molecule has 21 heavy (non-hydrogen) atoms. The smallest absolute Gasteiger partial charge is 0.191 e. The molecule has 0 bridgehead atoms. The highest BCUT2D eigenvalue weighted by Gasteiger charge is 2.34. The standard InChI is InChI=1S/C16H31N3O.HI/c1-3-16(9-6-10-16)12-19-15(17-4-2)18-11-13-7-5-8-14(13)20;/h13-14,20H,3-12H2,1-2H3,(H2,17,18,19);1H. The molecule has 2 aliphatic carbocycles. The third kappa shape index (κ3) is 5.27. The molecule has 2 aliphatic rings. The Morgan fingerprint density at radius 2 is 1.95 bits per heavy atom. The second-order valence-electron chi connectivity index (χ2n) is 6.54. The van der Waals surface area contributed by atoms with Gasteiger partial charge in [-0.1, -0.05) is 19.8 Å². The average Bonchev–Trinajstić information content (AvgIpc) is 2.80. The van der Waals surface area contributed by atoms with Crippen LogP contribution < -0.4 is 10.6 Å². The molecular formula is C16H32IN3O. The first-order valence-corrected chi connectivity index (χ1v) is 8.39. The van der Waals surface area contributed by atoms with Gasteiger partial charge >= 0.3 is 0 Å². The Bertz CT molecular complexity index is 326. The first-order chi connectivity index (χ1) is 9.69. The summed E-state index contributed by atoms with van der Waals surface area (Å²) in [6, 6.07) is 0. The molecule has 0 aliphatic heterocycles. The summed E-state index contributed by atoms with van der Waals surface area (Å²) in [6.45, 7) is 7.04. The van der Waals surface area contributed by atoms with Crippen molar-refractivity contribution in [2.75, 3.05) is 19.6 Å². The molecule has 0 radical (unpaired) electrons. The Kier molecular flexibility index (Phi) is 8.31. The van der Waals surface area contributed by atoms with Crippen molar-refractivity contribution >= 4 is 29.9 Å². The molecule has 0 amide bonds. The number of guanidine groups is 1. The van der Waals surface area contributed by atoms with E-state index >= 15 is 0 Å². The molecule has 0 aromatic heterocycles. The highest BCUT2D eigenvalue weighted by molar-refractivity contribution is 14.0. The van der Waals surface area contributed by atoms with Gasteiger partial charge in [0.25, 0.3) is 0 Å². The fourth-order valence-electron chi connectivity index (χ4n) is 3.37. The Hall–Kier alpha value is -0.0400. The SMILES string of the molecule is CCNC(=NCC1(CC)CCC1)NCC1CCCC1O.I. The van der Waals surface area contributed by atoms with Crippen molar-refractivity contribution in [2.45, 2.75) is 64.9 Å². The van der Waals surface area contributed by atoms with E-state index < -0.39 is 0 Å². The number of nitrogens with zero attached hydrogens (tertiary/aromatic N) is 1. The molecule has 2 atom stereocenters. The maximum Gasteiger partial charge on any atom is 0.191 e. The minimum absolute atomic E-state index is 0. The van der Waals surface area contributed by atoms with Gasteiger partial charge in [-0.15, -0.1) is 24.0 Å². The van der Waals surface area contributed by atoms with Crippen molar-refractivity contribution in [1.82, 2.24) is 10.6 Å². The van der Waals surface area contributed by atoms with Gasteiger partial charge in [0, 0.05) is 25.6 Å². The minimum atomic E-state index is -0.126. The van der Waals surface area contributed by atoms with E-state index in [9.17, 15) is 5.11 Å². The van der Waals surface area contributed by atoms with Crippen LogP contribution in [0.4, 0.5) is 0 Å². The summed E-state index contributed by atoms with van der Waals surface area (Å²) in [6.07, 6.45) is 8.37. The highest BCUT2D eigenvalue weighted by Crippen LogP contribution is 2.43. The molecule has 2 unspecified atom stereocenters. The zero-order valence-electron chi connectivity index (χ0n) is 13.5. The number of halogens is 1. The molecule has 3 N–H and O–H groups in total. The summed E-state index contributed by atoms with van der Waals surface area (Å²) < 4.78 is 0. The number of nitrogens with one attached hydrogen (secondary N) is 2. The van der Waals surface area contributed by atoms with Gasteiger partial charge in [-0.2, -0.15) is 0 Å². The summed E-state index contributed by atoms with van der Waals surface area (Å²) >= 11 is 0. The van der Waals surface area contributed by atoms with E-state index in [1.54, 1.807) is 0 Å². The highest BCUT2D eigenvalue weighted by atomic mass is 127. The van der Waals surface area contributed by atoms with Gasteiger partial charge in [-0.3, -0.25) is 4.99 Å². The lowest BCUT2D eigenvalue weighted by molar-refractivity contribution is 0.133. The number of aliphatic hydroxyl groups excluding tert-OH is 1. The van der Waals surface area contributed by atoms with Gasteiger partial charge in [0.2, 0.25) is 0 Å². The van der Waals surface area contributed by atoms with E-state index in [4.69, 9.17) is 4.99 Å². The zero-order valence-corrected chi connectivity index (χ0v) is 15.9. The van der Waals surface area contributed by atoms with E-state index in [-0.39, 0.29) is 30.1 Å². The first kappa shape index (κ1) is 19.0. The van der Waals surface area contributed by atoms with Gasteiger partial charge in [-0.25, -0.2) is 0 Å². The predicted molar refractivity (Wildman–Crippen MR) is 99.3 cm³/mol. The lowest BCUT2D eigenvalue weighted by Gasteiger charge is -2.40.